The second kappa shape index (κ2) is 4.13. The van der Waals surface area contributed by atoms with Gasteiger partial charge in [-0.25, -0.2) is 0 Å². The summed E-state index contributed by atoms with van der Waals surface area (Å²) in [7, 11) is 1.85. The van der Waals surface area contributed by atoms with E-state index in [1.54, 1.807) is 0 Å². The van der Waals surface area contributed by atoms with Crippen molar-refractivity contribution in [2.24, 2.45) is 4.99 Å². The van der Waals surface area contributed by atoms with Crippen LogP contribution in [0.3, 0.4) is 0 Å². The molecule has 1 heterocycles. The van der Waals surface area contributed by atoms with Gasteiger partial charge in [-0.1, -0.05) is 6.58 Å². The first kappa shape index (κ1) is 11.2. The lowest BCUT2D eigenvalue weighted by Crippen LogP contribution is -2.54. The maximum Gasteiger partial charge on any atom is 0.117 e. The normalized spacial score (nSPS) is 22.9. The van der Waals surface area contributed by atoms with E-state index in [1.165, 1.54) is 0 Å². The summed E-state index contributed by atoms with van der Waals surface area (Å²) >= 11 is 0. The smallest absolute Gasteiger partial charge is 0.117 e. The maximum atomic E-state index is 4.29. The first-order valence-electron chi connectivity index (χ1n) is 5.09. The molecule has 0 N–H and O–H groups in total. The summed E-state index contributed by atoms with van der Waals surface area (Å²) in [5, 5.41) is 0. The van der Waals surface area contributed by atoms with E-state index in [0.29, 0.717) is 0 Å². The van der Waals surface area contributed by atoms with Crippen molar-refractivity contribution in [3.05, 3.63) is 12.8 Å². The van der Waals surface area contributed by atoms with Crippen molar-refractivity contribution in [3.63, 3.8) is 0 Å². The van der Waals surface area contributed by atoms with Crippen LogP contribution in [0.1, 0.15) is 20.8 Å². The predicted octanol–water partition coefficient (Wildman–Crippen LogP) is 1.57. The Morgan fingerprint density at radius 2 is 2.00 bits per heavy atom. The van der Waals surface area contributed by atoms with E-state index in [-0.39, 0.29) is 5.54 Å². The van der Waals surface area contributed by atoms with Gasteiger partial charge in [-0.3, -0.25) is 9.89 Å². The molecule has 1 aliphatic heterocycles. The van der Waals surface area contributed by atoms with Crippen molar-refractivity contribution in [3.8, 4) is 0 Å². The zero-order chi connectivity index (χ0) is 10.8. The van der Waals surface area contributed by atoms with Gasteiger partial charge in [0.25, 0.3) is 0 Å². The Labute approximate surface area is 87.1 Å². The number of piperazine rings is 1. The lowest BCUT2D eigenvalue weighted by molar-refractivity contribution is 0.133. The molecule has 0 aliphatic carbocycles. The van der Waals surface area contributed by atoms with Gasteiger partial charge in [0, 0.05) is 25.7 Å². The highest BCUT2D eigenvalue weighted by molar-refractivity contribution is 5.85. The number of hydrogen-bond donors (Lipinski definition) is 0. The molecule has 0 aromatic heterocycles. The number of hydrogen-bond acceptors (Lipinski definition) is 2. The third kappa shape index (κ3) is 2.35. The molecule has 3 nitrogen and oxygen atoms in total. The van der Waals surface area contributed by atoms with E-state index in [9.17, 15) is 0 Å². The fraction of sp³-hybridized carbons (Fsp3) is 0.727. The number of rotatable bonds is 1. The molecule has 1 fully saturated rings. The van der Waals surface area contributed by atoms with Crippen molar-refractivity contribution in [2.45, 2.75) is 26.3 Å². The molecule has 0 amide bonds. The van der Waals surface area contributed by atoms with E-state index in [2.05, 4.69) is 42.1 Å². The molecule has 14 heavy (non-hydrogen) atoms. The van der Waals surface area contributed by atoms with Gasteiger partial charge >= 0.3 is 0 Å². The molecule has 1 aliphatic rings. The Balaban J connectivity index is 2.71. The molecule has 1 saturated heterocycles. The average Bonchev–Trinajstić information content (AvgIpc) is 2.15. The van der Waals surface area contributed by atoms with Crippen molar-refractivity contribution < 1.29 is 0 Å². The van der Waals surface area contributed by atoms with Gasteiger partial charge in [0.1, 0.15) is 5.84 Å². The van der Waals surface area contributed by atoms with Crippen LogP contribution in [0, 0.1) is 0 Å². The first-order chi connectivity index (χ1) is 6.49. The molecule has 1 rings (SSSR count). The third-order valence-electron chi connectivity index (χ3n) is 2.70. The highest BCUT2D eigenvalue weighted by Gasteiger charge is 2.27. The Morgan fingerprint density at radius 1 is 1.36 bits per heavy atom. The van der Waals surface area contributed by atoms with Gasteiger partial charge < -0.3 is 4.90 Å². The molecule has 0 unspecified atom stereocenters. The molecule has 0 aromatic carbocycles. The third-order valence-corrected chi connectivity index (χ3v) is 2.70. The Bertz CT molecular complexity index is 237. The SMILES string of the molecule is C=CN1CCN(C(C)(C)C)C/C1=N/C. The first-order valence-corrected chi connectivity index (χ1v) is 5.09. The summed E-state index contributed by atoms with van der Waals surface area (Å²) in [6.45, 7) is 13.5. The molecule has 0 atom stereocenters. The standard InChI is InChI=1S/C11H21N3/c1-6-13-7-8-14(11(2,3)4)9-10(13)12-5/h6H,1,7-9H2,2-5H3/b12-10-. The van der Waals surface area contributed by atoms with Crippen LogP contribution in [-0.2, 0) is 0 Å². The van der Waals surface area contributed by atoms with Crippen LogP contribution in [0.25, 0.3) is 0 Å². The molecule has 0 aromatic rings. The van der Waals surface area contributed by atoms with Gasteiger partial charge in [0.15, 0.2) is 0 Å². The van der Waals surface area contributed by atoms with Crippen molar-refractivity contribution in [1.82, 2.24) is 9.80 Å². The lowest BCUT2D eigenvalue weighted by Gasteiger charge is -2.42. The van der Waals surface area contributed by atoms with Gasteiger partial charge in [-0.15, -0.1) is 0 Å². The number of aliphatic imine (C=N–C) groups is 1. The topological polar surface area (TPSA) is 18.8 Å². The van der Waals surface area contributed by atoms with Crippen LogP contribution in [0.5, 0.6) is 0 Å². The Hall–Kier alpha value is -0.830. The van der Waals surface area contributed by atoms with E-state index >= 15 is 0 Å². The lowest BCUT2D eigenvalue weighted by atomic mass is 10.0. The quantitative estimate of drug-likeness (QED) is 0.632. The molecular weight excluding hydrogens is 174 g/mol. The summed E-state index contributed by atoms with van der Waals surface area (Å²) in [5.41, 5.74) is 0.225. The predicted molar refractivity (Wildman–Crippen MR) is 61.6 cm³/mol. The van der Waals surface area contributed by atoms with Gasteiger partial charge in [0.05, 0.1) is 6.54 Å². The van der Waals surface area contributed by atoms with Crippen LogP contribution in [-0.4, -0.2) is 47.9 Å². The monoisotopic (exact) mass is 195 g/mol. The highest BCUT2D eigenvalue weighted by Crippen LogP contribution is 2.16. The second-order valence-corrected chi connectivity index (χ2v) is 4.61. The fourth-order valence-corrected chi connectivity index (χ4v) is 1.67. The van der Waals surface area contributed by atoms with Crippen LogP contribution in [0.4, 0.5) is 0 Å². The van der Waals surface area contributed by atoms with E-state index in [1.807, 2.05) is 13.2 Å². The Morgan fingerprint density at radius 3 is 2.43 bits per heavy atom. The zero-order valence-corrected chi connectivity index (χ0v) is 9.75. The minimum absolute atomic E-state index is 0.225. The molecule has 0 saturated carbocycles. The summed E-state index contributed by atoms with van der Waals surface area (Å²) in [5.74, 6) is 1.11. The Kier molecular flexibility index (Phi) is 3.32. The van der Waals surface area contributed by atoms with Crippen molar-refractivity contribution >= 4 is 5.84 Å². The number of nitrogens with zero attached hydrogens (tertiary/aromatic N) is 3. The van der Waals surface area contributed by atoms with E-state index < -0.39 is 0 Å². The summed E-state index contributed by atoms with van der Waals surface area (Å²) in [4.78, 5) is 8.86. The van der Waals surface area contributed by atoms with Gasteiger partial charge in [0.2, 0.25) is 0 Å². The largest absolute Gasteiger partial charge is 0.335 e. The average molecular weight is 195 g/mol. The summed E-state index contributed by atoms with van der Waals surface area (Å²) < 4.78 is 0. The van der Waals surface area contributed by atoms with Crippen molar-refractivity contribution in [1.29, 1.82) is 0 Å². The molecular formula is C11H21N3. The van der Waals surface area contributed by atoms with Crippen LogP contribution in [0.15, 0.2) is 17.8 Å². The van der Waals surface area contributed by atoms with Gasteiger partial charge in [-0.2, -0.15) is 0 Å². The molecule has 0 spiro atoms. The van der Waals surface area contributed by atoms with Crippen LogP contribution < -0.4 is 0 Å². The molecule has 0 bridgehead atoms. The minimum Gasteiger partial charge on any atom is -0.335 e. The molecule has 80 valence electrons. The summed E-state index contributed by atoms with van der Waals surface area (Å²) in [6, 6.07) is 0. The zero-order valence-electron chi connectivity index (χ0n) is 9.75. The fourth-order valence-electron chi connectivity index (χ4n) is 1.67. The van der Waals surface area contributed by atoms with Crippen LogP contribution in [0.2, 0.25) is 0 Å². The number of amidine groups is 1. The maximum absolute atomic E-state index is 4.29. The van der Waals surface area contributed by atoms with Gasteiger partial charge in [-0.05, 0) is 27.0 Å². The van der Waals surface area contributed by atoms with Crippen LogP contribution >= 0.6 is 0 Å². The molecule has 0 radical (unpaired) electrons. The van der Waals surface area contributed by atoms with E-state index in [0.717, 1.165) is 25.5 Å². The van der Waals surface area contributed by atoms with Crippen molar-refractivity contribution in [2.75, 3.05) is 26.7 Å². The van der Waals surface area contributed by atoms with E-state index in [4.69, 9.17) is 0 Å². The molecule has 3 heteroatoms. The highest BCUT2D eigenvalue weighted by atomic mass is 15.3. The minimum atomic E-state index is 0.225. The second-order valence-electron chi connectivity index (χ2n) is 4.61. The summed E-state index contributed by atoms with van der Waals surface area (Å²) in [6.07, 6.45) is 1.86.